The summed E-state index contributed by atoms with van der Waals surface area (Å²) in [6, 6.07) is 12.6. The maximum absolute atomic E-state index is 12.3. The summed E-state index contributed by atoms with van der Waals surface area (Å²) in [7, 11) is -3.24. The van der Waals surface area contributed by atoms with Gasteiger partial charge in [-0.2, -0.15) is 0 Å². The van der Waals surface area contributed by atoms with Crippen LogP contribution in [0.5, 0.6) is 5.75 Å². The standard InChI is InChI=1S/C22H28BrNO5S2/c1-3-28-22(25)16-29-21-10-7-19(15-17(21)2)30-13-12-24-11-4-14-31(26,27)20-8-5-18(23)6-9-20/h5-10,15,24H,3-4,11-14,16H2,1-2H3. The summed E-state index contributed by atoms with van der Waals surface area (Å²) in [6.45, 7) is 5.37. The highest BCUT2D eigenvalue weighted by atomic mass is 79.9. The lowest BCUT2D eigenvalue weighted by molar-refractivity contribution is -0.145. The van der Waals surface area contributed by atoms with Crippen LogP contribution in [0.3, 0.4) is 0 Å². The van der Waals surface area contributed by atoms with Crippen molar-refractivity contribution in [3.8, 4) is 5.75 Å². The Bertz CT molecular complexity index is 949. The molecule has 0 fully saturated rings. The third-order valence-corrected chi connectivity index (χ3v) is 7.62. The maximum atomic E-state index is 12.3. The second kappa shape index (κ2) is 13.1. The van der Waals surface area contributed by atoms with Crippen LogP contribution in [-0.2, 0) is 19.4 Å². The van der Waals surface area contributed by atoms with Gasteiger partial charge in [0.15, 0.2) is 16.4 Å². The third kappa shape index (κ3) is 9.22. The average Bonchev–Trinajstić information content (AvgIpc) is 2.73. The van der Waals surface area contributed by atoms with E-state index in [9.17, 15) is 13.2 Å². The topological polar surface area (TPSA) is 81.7 Å². The highest BCUT2D eigenvalue weighted by molar-refractivity contribution is 9.10. The molecule has 0 aliphatic carbocycles. The van der Waals surface area contributed by atoms with E-state index >= 15 is 0 Å². The Hall–Kier alpha value is -1.55. The molecule has 0 unspecified atom stereocenters. The first-order valence-corrected chi connectivity index (χ1v) is 13.5. The van der Waals surface area contributed by atoms with Gasteiger partial charge in [0.1, 0.15) is 5.75 Å². The van der Waals surface area contributed by atoms with Crippen molar-refractivity contribution in [2.75, 3.05) is 37.8 Å². The van der Waals surface area contributed by atoms with Crippen LogP contribution >= 0.6 is 27.7 Å². The number of esters is 1. The second-order valence-electron chi connectivity index (χ2n) is 6.75. The minimum Gasteiger partial charge on any atom is -0.482 e. The SMILES string of the molecule is CCOC(=O)COc1ccc(SCCNCCCS(=O)(=O)c2ccc(Br)cc2)cc1C. The smallest absolute Gasteiger partial charge is 0.344 e. The molecule has 0 amide bonds. The van der Waals surface area contributed by atoms with Crippen LogP contribution in [0.1, 0.15) is 18.9 Å². The van der Waals surface area contributed by atoms with E-state index in [2.05, 4.69) is 21.2 Å². The van der Waals surface area contributed by atoms with Crippen LogP contribution in [0.25, 0.3) is 0 Å². The van der Waals surface area contributed by atoms with E-state index < -0.39 is 9.84 Å². The van der Waals surface area contributed by atoms with Crippen molar-refractivity contribution in [2.24, 2.45) is 0 Å². The van der Waals surface area contributed by atoms with Crippen LogP contribution in [-0.4, -0.2) is 52.2 Å². The first-order valence-electron chi connectivity index (χ1n) is 10.0. The number of rotatable bonds is 13. The third-order valence-electron chi connectivity index (χ3n) is 4.28. The summed E-state index contributed by atoms with van der Waals surface area (Å²) >= 11 is 5.02. The first kappa shape index (κ1) is 25.7. The molecule has 1 N–H and O–H groups in total. The van der Waals surface area contributed by atoms with E-state index in [0.717, 1.165) is 27.2 Å². The lowest BCUT2D eigenvalue weighted by Crippen LogP contribution is -2.21. The Kier molecular flexibility index (Phi) is 10.9. The van der Waals surface area contributed by atoms with Crippen molar-refractivity contribution in [3.05, 3.63) is 52.5 Å². The predicted octanol–water partition coefficient (Wildman–Crippen LogP) is 4.25. The number of halogens is 1. The molecule has 31 heavy (non-hydrogen) atoms. The van der Waals surface area contributed by atoms with Gasteiger partial charge in [-0.1, -0.05) is 15.9 Å². The number of sulfone groups is 1. The normalized spacial score (nSPS) is 11.3. The van der Waals surface area contributed by atoms with Gasteiger partial charge in [0, 0.05) is 21.7 Å². The highest BCUT2D eigenvalue weighted by Gasteiger charge is 2.13. The van der Waals surface area contributed by atoms with E-state index in [4.69, 9.17) is 9.47 Å². The van der Waals surface area contributed by atoms with Gasteiger partial charge >= 0.3 is 5.97 Å². The molecular formula is C22H28BrNO5S2. The molecule has 0 aliphatic rings. The second-order valence-corrected chi connectivity index (χ2v) is 10.9. The molecule has 9 heteroatoms. The summed E-state index contributed by atoms with van der Waals surface area (Å²) in [6.07, 6.45) is 0.564. The Morgan fingerprint density at radius 3 is 2.55 bits per heavy atom. The van der Waals surface area contributed by atoms with E-state index in [-0.39, 0.29) is 18.3 Å². The summed E-state index contributed by atoms with van der Waals surface area (Å²) in [5.74, 6) is 1.28. The zero-order chi connectivity index (χ0) is 22.7. The Morgan fingerprint density at radius 1 is 1.13 bits per heavy atom. The number of carbonyl (C=O) groups is 1. The Labute approximate surface area is 197 Å². The van der Waals surface area contributed by atoms with Crippen molar-refractivity contribution in [3.63, 3.8) is 0 Å². The van der Waals surface area contributed by atoms with Gasteiger partial charge in [0.05, 0.1) is 17.3 Å². The van der Waals surface area contributed by atoms with Crippen molar-refractivity contribution < 1.29 is 22.7 Å². The first-order chi connectivity index (χ1) is 14.8. The molecule has 2 rings (SSSR count). The Morgan fingerprint density at radius 2 is 1.87 bits per heavy atom. The number of nitrogens with one attached hydrogen (secondary N) is 1. The van der Waals surface area contributed by atoms with Gasteiger partial charge in [-0.05, 0) is 74.8 Å². The zero-order valence-electron chi connectivity index (χ0n) is 17.7. The molecule has 0 aromatic heterocycles. The number of thioether (sulfide) groups is 1. The van der Waals surface area contributed by atoms with Crippen LogP contribution in [0, 0.1) is 6.92 Å². The molecule has 2 aromatic carbocycles. The molecule has 0 bridgehead atoms. The fourth-order valence-corrected chi connectivity index (χ4v) is 5.21. The zero-order valence-corrected chi connectivity index (χ0v) is 20.9. The molecule has 0 heterocycles. The maximum Gasteiger partial charge on any atom is 0.344 e. The number of hydrogen-bond donors (Lipinski definition) is 1. The Balaban J connectivity index is 1.64. The van der Waals surface area contributed by atoms with Gasteiger partial charge in [0.25, 0.3) is 0 Å². The number of aryl methyl sites for hydroxylation is 1. The van der Waals surface area contributed by atoms with Gasteiger partial charge < -0.3 is 14.8 Å². The van der Waals surface area contributed by atoms with Crippen LogP contribution in [0.2, 0.25) is 0 Å². The van der Waals surface area contributed by atoms with Gasteiger partial charge in [-0.25, -0.2) is 13.2 Å². The minimum absolute atomic E-state index is 0.0946. The van der Waals surface area contributed by atoms with E-state index in [1.54, 1.807) is 43.0 Å². The van der Waals surface area contributed by atoms with E-state index in [0.29, 0.717) is 30.2 Å². The largest absolute Gasteiger partial charge is 0.482 e. The van der Waals surface area contributed by atoms with Gasteiger partial charge in [-0.15, -0.1) is 11.8 Å². The molecule has 0 atom stereocenters. The average molecular weight is 531 g/mol. The fourth-order valence-electron chi connectivity index (χ4n) is 2.73. The molecule has 2 aromatic rings. The lowest BCUT2D eigenvalue weighted by atomic mass is 10.2. The fraction of sp³-hybridized carbons (Fsp3) is 0.409. The van der Waals surface area contributed by atoms with E-state index in [1.165, 1.54) is 0 Å². The number of ether oxygens (including phenoxy) is 2. The molecule has 170 valence electrons. The monoisotopic (exact) mass is 529 g/mol. The number of benzene rings is 2. The van der Waals surface area contributed by atoms with E-state index in [1.807, 2.05) is 25.1 Å². The number of carbonyl (C=O) groups excluding carboxylic acids is 1. The molecule has 0 aliphatic heterocycles. The quantitative estimate of drug-likeness (QED) is 0.236. The summed E-state index contributed by atoms with van der Waals surface area (Å²) in [5.41, 5.74) is 0.959. The lowest BCUT2D eigenvalue weighted by Gasteiger charge is -2.10. The molecule has 0 radical (unpaired) electrons. The molecule has 6 nitrogen and oxygen atoms in total. The number of hydrogen-bond acceptors (Lipinski definition) is 7. The summed E-state index contributed by atoms with van der Waals surface area (Å²) in [4.78, 5) is 12.9. The van der Waals surface area contributed by atoms with Crippen LogP contribution in [0.15, 0.2) is 56.7 Å². The van der Waals surface area contributed by atoms with Gasteiger partial charge in [-0.3, -0.25) is 0 Å². The van der Waals surface area contributed by atoms with Crippen molar-refractivity contribution in [1.29, 1.82) is 0 Å². The van der Waals surface area contributed by atoms with Crippen LogP contribution in [0.4, 0.5) is 0 Å². The minimum atomic E-state index is -3.24. The molecule has 0 spiro atoms. The van der Waals surface area contributed by atoms with Gasteiger partial charge in [0.2, 0.25) is 0 Å². The van der Waals surface area contributed by atoms with Crippen molar-refractivity contribution >= 4 is 43.5 Å². The van der Waals surface area contributed by atoms with Crippen molar-refractivity contribution in [1.82, 2.24) is 5.32 Å². The van der Waals surface area contributed by atoms with Crippen molar-refractivity contribution in [2.45, 2.75) is 30.1 Å². The summed E-state index contributed by atoms with van der Waals surface area (Å²) < 4.78 is 35.8. The molecule has 0 saturated heterocycles. The highest BCUT2D eigenvalue weighted by Crippen LogP contribution is 2.25. The summed E-state index contributed by atoms with van der Waals surface area (Å²) in [5, 5.41) is 3.29. The molecule has 0 saturated carbocycles. The molecular weight excluding hydrogens is 502 g/mol. The predicted molar refractivity (Wildman–Crippen MR) is 128 cm³/mol. The van der Waals surface area contributed by atoms with Crippen LogP contribution < -0.4 is 10.1 Å².